The number of phosphoric ester groups is 1. The summed E-state index contributed by atoms with van der Waals surface area (Å²) in [6, 6.07) is -0.918. The van der Waals surface area contributed by atoms with E-state index in [1.807, 2.05) is 33.3 Å². The van der Waals surface area contributed by atoms with Crippen molar-refractivity contribution in [2.24, 2.45) is 0 Å². The number of allylic oxidation sites excluding steroid dienone is 17. The molecule has 0 saturated heterocycles. The summed E-state index contributed by atoms with van der Waals surface area (Å²) in [5, 5.41) is 3.01. The number of amides is 1. The summed E-state index contributed by atoms with van der Waals surface area (Å²) in [7, 11) is 1.15. The largest absolute Gasteiger partial charge is 0.756 e. The molecule has 0 rings (SSSR count). The molecule has 0 bridgehead atoms. The maximum absolute atomic E-state index is 13.6. The molecule has 0 heterocycles. The van der Waals surface area contributed by atoms with Gasteiger partial charge in [-0.25, -0.2) is 0 Å². The van der Waals surface area contributed by atoms with Gasteiger partial charge in [0.15, 0.2) is 0 Å². The van der Waals surface area contributed by atoms with Crippen molar-refractivity contribution in [2.45, 2.75) is 309 Å². The Morgan fingerprint density at radius 1 is 0.429 bits per heavy atom. The number of unbranched alkanes of at least 4 members (excludes halogenated alkanes) is 30. The number of carbonyl (C=O) groups is 2. The number of nitrogens with one attached hydrogen (secondary N) is 1. The number of rotatable bonds is 62. The summed E-state index contributed by atoms with van der Waals surface area (Å²) in [4.78, 5) is 40.1. The summed E-state index contributed by atoms with van der Waals surface area (Å²) in [6.45, 7) is 6.68. The van der Waals surface area contributed by atoms with E-state index in [1.165, 1.54) is 161 Å². The molecular formula is C74H131N2O7P. The minimum Gasteiger partial charge on any atom is -0.756 e. The topological polar surface area (TPSA) is 114 Å². The summed E-state index contributed by atoms with van der Waals surface area (Å²) in [6.07, 6.45) is 86.5. The highest BCUT2D eigenvalue weighted by molar-refractivity contribution is 7.45. The van der Waals surface area contributed by atoms with Crippen LogP contribution in [0.2, 0.25) is 0 Å². The van der Waals surface area contributed by atoms with Crippen LogP contribution in [0.4, 0.5) is 0 Å². The van der Waals surface area contributed by atoms with Crippen molar-refractivity contribution in [1.82, 2.24) is 5.32 Å². The lowest BCUT2D eigenvalue weighted by molar-refractivity contribution is -0.870. The van der Waals surface area contributed by atoms with Crippen molar-refractivity contribution < 1.29 is 37.3 Å². The average Bonchev–Trinajstić information content (AvgIpc) is 3.64. The number of carbonyl (C=O) groups excluding carboxylic acids is 2. The predicted molar refractivity (Wildman–Crippen MR) is 362 cm³/mol. The normalized spacial score (nSPS) is 14.2. The smallest absolute Gasteiger partial charge is 0.306 e. The van der Waals surface area contributed by atoms with Gasteiger partial charge in [-0.15, -0.1) is 0 Å². The van der Waals surface area contributed by atoms with Gasteiger partial charge in [0.1, 0.15) is 19.3 Å². The van der Waals surface area contributed by atoms with Crippen molar-refractivity contribution >= 4 is 19.7 Å². The molecule has 0 fully saturated rings. The molecule has 0 aromatic carbocycles. The van der Waals surface area contributed by atoms with Gasteiger partial charge in [-0.1, -0.05) is 278 Å². The van der Waals surface area contributed by atoms with Crippen molar-refractivity contribution in [3.8, 4) is 0 Å². The second-order valence-corrected chi connectivity index (χ2v) is 25.7. The first kappa shape index (κ1) is 80.7. The highest BCUT2D eigenvalue weighted by Crippen LogP contribution is 2.38. The molecular weight excluding hydrogens is 1060 g/mol. The fourth-order valence-corrected chi connectivity index (χ4v) is 10.3. The van der Waals surface area contributed by atoms with Crippen LogP contribution in [0.25, 0.3) is 0 Å². The molecule has 9 nitrogen and oxygen atoms in total. The predicted octanol–water partition coefficient (Wildman–Crippen LogP) is 21.4. The number of ether oxygens (including phenoxy) is 1. The molecule has 0 radical (unpaired) electrons. The minimum atomic E-state index is -4.72. The van der Waals surface area contributed by atoms with E-state index in [0.717, 1.165) is 96.3 Å². The Morgan fingerprint density at radius 2 is 0.762 bits per heavy atom. The first-order valence-corrected chi connectivity index (χ1v) is 36.2. The zero-order valence-corrected chi connectivity index (χ0v) is 56.2. The average molecular weight is 1190 g/mol. The van der Waals surface area contributed by atoms with Gasteiger partial charge in [-0.2, -0.15) is 0 Å². The Balaban J connectivity index is 5.16. The minimum absolute atomic E-state index is 0.0353. The van der Waals surface area contributed by atoms with E-state index in [0.29, 0.717) is 17.4 Å². The van der Waals surface area contributed by atoms with E-state index in [2.05, 4.69) is 123 Å². The number of phosphoric acid groups is 1. The summed E-state index contributed by atoms with van der Waals surface area (Å²) in [5.74, 6) is -0.591. The second-order valence-electron chi connectivity index (χ2n) is 24.3. The standard InChI is InChI=1S/C74H131N2O7P/c1-7-10-13-16-19-22-25-28-30-32-34-36-37-38-39-41-43-45-47-49-52-55-58-61-64-67-74(78)83-72(65-62-59-56-53-50-27-24-21-18-15-12-9-3)71(70-82-84(79,80)81-69-68-76(4,5)6)75-73(77)66-63-60-57-54-51-48-46-44-42-40-35-33-31-29-26-23-20-17-14-11-8-2/h11,14,19-20,22-23,28-31,35,40,44,46,51,54,62,65,71-72H,7-10,12-13,15-18,21,24-27,32-34,36-39,41-43,45,47-50,52-53,55-61,63-64,66-70H2,1-6H3,(H-,75,77,79,80)/b14-11-,22-19-,23-20-,30-28-,31-29-,40-35-,46-44-,54-51-,65-62+. The molecule has 3 unspecified atom stereocenters. The molecule has 0 aromatic heterocycles. The molecule has 1 amide bonds. The third-order valence-corrected chi connectivity index (χ3v) is 15.9. The van der Waals surface area contributed by atoms with Crippen molar-refractivity contribution in [1.29, 1.82) is 0 Å². The summed E-state index contributed by atoms with van der Waals surface area (Å²) >= 11 is 0. The maximum atomic E-state index is 13.6. The highest BCUT2D eigenvalue weighted by atomic mass is 31.2. The van der Waals surface area contributed by atoms with Gasteiger partial charge in [0.25, 0.3) is 7.82 Å². The van der Waals surface area contributed by atoms with Crippen LogP contribution >= 0.6 is 7.82 Å². The Morgan fingerprint density at radius 3 is 1.18 bits per heavy atom. The van der Waals surface area contributed by atoms with Gasteiger partial charge in [0.05, 0.1) is 33.8 Å². The highest BCUT2D eigenvalue weighted by Gasteiger charge is 2.27. The van der Waals surface area contributed by atoms with Crippen molar-refractivity contribution in [3.05, 3.63) is 109 Å². The Hall–Kier alpha value is -3.33. The van der Waals surface area contributed by atoms with Gasteiger partial charge in [-0.3, -0.25) is 14.2 Å². The molecule has 0 aliphatic heterocycles. The molecule has 0 aromatic rings. The van der Waals surface area contributed by atoms with E-state index < -0.39 is 26.6 Å². The molecule has 0 aliphatic carbocycles. The molecule has 84 heavy (non-hydrogen) atoms. The molecule has 0 saturated carbocycles. The zero-order valence-electron chi connectivity index (χ0n) is 55.3. The summed E-state index contributed by atoms with van der Waals surface area (Å²) < 4.78 is 30.4. The number of hydrogen-bond acceptors (Lipinski definition) is 7. The van der Waals surface area contributed by atoms with E-state index in [1.54, 1.807) is 0 Å². The van der Waals surface area contributed by atoms with Crippen LogP contribution in [0.3, 0.4) is 0 Å². The van der Waals surface area contributed by atoms with Crippen LogP contribution in [-0.2, 0) is 27.9 Å². The van der Waals surface area contributed by atoms with E-state index in [9.17, 15) is 19.0 Å². The lowest BCUT2D eigenvalue weighted by Crippen LogP contribution is -2.47. The summed E-state index contributed by atoms with van der Waals surface area (Å²) in [5.41, 5.74) is 0. The maximum Gasteiger partial charge on any atom is 0.306 e. The molecule has 10 heteroatoms. The quantitative estimate of drug-likeness (QED) is 0.0212. The van der Waals surface area contributed by atoms with Crippen LogP contribution in [-0.4, -0.2) is 69.4 Å². The Kier molecular flexibility index (Phi) is 60.2. The second kappa shape index (κ2) is 62.7. The first-order valence-electron chi connectivity index (χ1n) is 34.7. The lowest BCUT2D eigenvalue weighted by Gasteiger charge is -2.30. The third kappa shape index (κ3) is 63.2. The van der Waals surface area contributed by atoms with Gasteiger partial charge in [0, 0.05) is 12.8 Å². The Bertz CT molecular complexity index is 1810. The van der Waals surface area contributed by atoms with Gasteiger partial charge in [0.2, 0.25) is 5.91 Å². The van der Waals surface area contributed by atoms with Crippen molar-refractivity contribution in [3.63, 3.8) is 0 Å². The van der Waals surface area contributed by atoms with Crippen LogP contribution < -0.4 is 10.2 Å². The van der Waals surface area contributed by atoms with Gasteiger partial charge in [-0.05, 0) is 115 Å². The number of nitrogens with zero attached hydrogens (tertiary/aromatic N) is 1. The van der Waals surface area contributed by atoms with E-state index >= 15 is 0 Å². The SMILES string of the molecule is CC/C=C\C/C=C\C/C=C\C/C=C\C/C=C\C/C=C\CCCCC(=O)NC(COP(=O)([O-])OCC[N+](C)(C)C)C(/C=C/CCCCCCCCCCCC)OC(=O)CCCCCCCCCCCCCCCCC/C=C\C/C=C\CCCCC. The fourth-order valence-electron chi connectivity index (χ4n) is 9.62. The Labute approximate surface area is 519 Å². The van der Waals surface area contributed by atoms with Crippen LogP contribution in [0.15, 0.2) is 109 Å². The number of hydrogen-bond donors (Lipinski definition) is 1. The third-order valence-electron chi connectivity index (χ3n) is 14.9. The molecule has 1 N–H and O–H groups in total. The fraction of sp³-hybridized carbons (Fsp3) is 0.730. The van der Waals surface area contributed by atoms with Gasteiger partial charge < -0.3 is 28.5 Å². The van der Waals surface area contributed by atoms with E-state index in [4.69, 9.17) is 13.8 Å². The van der Waals surface area contributed by atoms with Gasteiger partial charge >= 0.3 is 5.97 Å². The van der Waals surface area contributed by atoms with Crippen LogP contribution in [0.1, 0.15) is 297 Å². The van der Waals surface area contributed by atoms with Crippen LogP contribution in [0, 0.1) is 0 Å². The number of quaternary nitrogens is 1. The van der Waals surface area contributed by atoms with E-state index in [-0.39, 0.29) is 31.3 Å². The lowest BCUT2D eigenvalue weighted by atomic mass is 10.0. The molecule has 484 valence electrons. The molecule has 3 atom stereocenters. The molecule has 0 spiro atoms. The first-order chi connectivity index (χ1) is 40.9. The molecule has 0 aliphatic rings. The number of likely N-dealkylation sites (N-methyl/N-ethyl adjacent to an activating group) is 1. The van der Waals surface area contributed by atoms with Crippen LogP contribution in [0.5, 0.6) is 0 Å². The monoisotopic (exact) mass is 1190 g/mol. The zero-order chi connectivity index (χ0) is 61.4. The number of esters is 1. The van der Waals surface area contributed by atoms with Crippen molar-refractivity contribution in [2.75, 3.05) is 40.9 Å².